The number of hydrogen-bond acceptors (Lipinski definition) is 4. The van der Waals surface area contributed by atoms with Crippen LogP contribution < -0.4 is 14.8 Å². The van der Waals surface area contributed by atoms with Crippen LogP contribution in [-0.4, -0.2) is 42.8 Å². The van der Waals surface area contributed by atoms with Gasteiger partial charge in [-0.05, 0) is 57.0 Å². The highest BCUT2D eigenvalue weighted by atomic mass is 16.7. The summed E-state index contributed by atoms with van der Waals surface area (Å²) in [6, 6.07) is 5.42. The van der Waals surface area contributed by atoms with Crippen LogP contribution in [0.15, 0.2) is 18.2 Å². The quantitative estimate of drug-likeness (QED) is 0.910. The van der Waals surface area contributed by atoms with Crippen molar-refractivity contribution in [3.05, 3.63) is 23.8 Å². The van der Waals surface area contributed by atoms with Crippen LogP contribution in [0.25, 0.3) is 0 Å². The fraction of sp³-hybridized carbons (Fsp3) is 0.650. The average molecular weight is 344 g/mol. The number of nitrogens with one attached hydrogen (secondary N) is 1. The van der Waals surface area contributed by atoms with Crippen LogP contribution in [0, 0.1) is 0 Å². The fourth-order valence-electron chi connectivity index (χ4n) is 4.57. The van der Waals surface area contributed by atoms with Crippen LogP contribution >= 0.6 is 0 Å². The van der Waals surface area contributed by atoms with Gasteiger partial charge in [0.15, 0.2) is 11.5 Å². The highest BCUT2D eigenvalue weighted by Gasteiger charge is 2.38. The zero-order chi connectivity index (χ0) is 17.1. The van der Waals surface area contributed by atoms with Gasteiger partial charge in [0, 0.05) is 17.6 Å². The Balaban J connectivity index is 1.44. The number of hydrogen-bond donors (Lipinski definition) is 1. The molecular weight excluding hydrogens is 316 g/mol. The molecule has 5 nitrogen and oxygen atoms in total. The molecule has 0 spiro atoms. The van der Waals surface area contributed by atoms with E-state index in [1.165, 1.54) is 64.5 Å². The number of carbonyl (C=O) groups excluding carboxylic acids is 1. The zero-order valence-corrected chi connectivity index (χ0v) is 14.9. The molecule has 2 aliphatic heterocycles. The summed E-state index contributed by atoms with van der Waals surface area (Å²) < 4.78 is 10.7. The van der Waals surface area contributed by atoms with Crippen LogP contribution in [0.3, 0.4) is 0 Å². The smallest absolute Gasteiger partial charge is 0.251 e. The molecule has 5 heteroatoms. The molecule has 1 amide bonds. The van der Waals surface area contributed by atoms with Crippen LogP contribution in [-0.2, 0) is 0 Å². The van der Waals surface area contributed by atoms with Gasteiger partial charge in [-0.25, -0.2) is 0 Å². The van der Waals surface area contributed by atoms with E-state index in [1.807, 2.05) is 12.1 Å². The summed E-state index contributed by atoms with van der Waals surface area (Å²) in [5.41, 5.74) is 0.804. The molecule has 0 aromatic heterocycles. The van der Waals surface area contributed by atoms with Gasteiger partial charge in [-0.1, -0.05) is 25.7 Å². The van der Waals surface area contributed by atoms with E-state index >= 15 is 0 Å². The number of amides is 1. The first-order chi connectivity index (χ1) is 12.3. The lowest BCUT2D eigenvalue weighted by atomic mass is 9.79. The standard InChI is InChI=1S/C20H28N2O3/c23-19(16-7-8-17-18(13-16)25-15-24-17)21-14-20(9-3-1-4-10-20)22-11-5-2-6-12-22/h7-8,13H,1-6,9-12,14-15H2,(H,21,23). The molecule has 136 valence electrons. The lowest BCUT2D eigenvalue weighted by molar-refractivity contribution is 0.0326. The van der Waals surface area contributed by atoms with Crippen molar-refractivity contribution >= 4 is 5.91 Å². The largest absolute Gasteiger partial charge is 0.454 e. The first-order valence-corrected chi connectivity index (χ1v) is 9.70. The highest BCUT2D eigenvalue weighted by molar-refractivity contribution is 5.95. The second kappa shape index (κ2) is 7.24. The highest BCUT2D eigenvalue weighted by Crippen LogP contribution is 2.36. The van der Waals surface area contributed by atoms with Gasteiger partial charge >= 0.3 is 0 Å². The van der Waals surface area contributed by atoms with Crippen molar-refractivity contribution in [1.29, 1.82) is 0 Å². The van der Waals surface area contributed by atoms with Crippen molar-refractivity contribution in [2.45, 2.75) is 56.9 Å². The van der Waals surface area contributed by atoms with E-state index in [9.17, 15) is 4.79 Å². The molecule has 0 atom stereocenters. The van der Waals surface area contributed by atoms with Crippen molar-refractivity contribution in [3.8, 4) is 11.5 Å². The van der Waals surface area contributed by atoms with Gasteiger partial charge < -0.3 is 14.8 Å². The predicted molar refractivity (Wildman–Crippen MR) is 96.1 cm³/mol. The number of ether oxygens (including phenoxy) is 2. The Bertz CT molecular complexity index is 619. The summed E-state index contributed by atoms with van der Waals surface area (Å²) in [6.45, 7) is 3.35. The number of likely N-dealkylation sites (tertiary alicyclic amines) is 1. The number of fused-ring (bicyclic) bond motifs is 1. The normalized spacial score (nSPS) is 22.6. The molecule has 0 bridgehead atoms. The summed E-state index contributed by atoms with van der Waals surface area (Å²) in [5.74, 6) is 1.37. The van der Waals surface area contributed by atoms with Gasteiger partial charge in [-0.15, -0.1) is 0 Å². The molecule has 0 unspecified atom stereocenters. The van der Waals surface area contributed by atoms with E-state index in [1.54, 1.807) is 6.07 Å². The molecule has 1 saturated heterocycles. The summed E-state index contributed by atoms with van der Waals surface area (Å²) in [6.07, 6.45) is 10.2. The number of carbonyl (C=O) groups is 1. The van der Waals surface area contributed by atoms with Crippen molar-refractivity contribution in [2.24, 2.45) is 0 Å². The molecule has 1 aromatic rings. The van der Waals surface area contributed by atoms with Crippen molar-refractivity contribution in [2.75, 3.05) is 26.4 Å². The summed E-state index contributed by atoms with van der Waals surface area (Å²) >= 11 is 0. The topological polar surface area (TPSA) is 50.8 Å². The van der Waals surface area contributed by atoms with Crippen LogP contribution in [0.4, 0.5) is 0 Å². The van der Waals surface area contributed by atoms with E-state index in [2.05, 4.69) is 10.2 Å². The fourth-order valence-corrected chi connectivity index (χ4v) is 4.57. The summed E-state index contributed by atoms with van der Waals surface area (Å²) in [5, 5.41) is 3.22. The van der Waals surface area contributed by atoms with Crippen molar-refractivity contribution in [1.82, 2.24) is 10.2 Å². The zero-order valence-electron chi connectivity index (χ0n) is 14.9. The Kier molecular flexibility index (Phi) is 4.84. The SMILES string of the molecule is O=C(NCC1(N2CCCCC2)CCCCC1)c1ccc2c(c1)OCO2. The molecule has 4 rings (SSSR count). The van der Waals surface area contributed by atoms with Gasteiger partial charge in [0.1, 0.15) is 0 Å². The van der Waals surface area contributed by atoms with E-state index in [-0.39, 0.29) is 18.2 Å². The van der Waals surface area contributed by atoms with Crippen molar-refractivity contribution < 1.29 is 14.3 Å². The van der Waals surface area contributed by atoms with Crippen LogP contribution in [0.1, 0.15) is 61.7 Å². The average Bonchev–Trinajstić information content (AvgIpc) is 3.15. The monoisotopic (exact) mass is 344 g/mol. The summed E-state index contributed by atoms with van der Waals surface area (Å²) in [7, 11) is 0. The van der Waals surface area contributed by atoms with Crippen LogP contribution in [0.2, 0.25) is 0 Å². The minimum absolute atomic E-state index is 0.0137. The molecule has 1 saturated carbocycles. The number of piperidine rings is 1. The molecule has 25 heavy (non-hydrogen) atoms. The van der Waals surface area contributed by atoms with E-state index in [4.69, 9.17) is 9.47 Å². The number of nitrogens with zero attached hydrogens (tertiary/aromatic N) is 1. The lowest BCUT2D eigenvalue weighted by Gasteiger charge is -2.48. The second-order valence-electron chi connectivity index (χ2n) is 7.58. The number of benzene rings is 1. The van der Waals surface area contributed by atoms with E-state index in [0.29, 0.717) is 17.1 Å². The Morgan fingerprint density at radius 2 is 1.72 bits per heavy atom. The third-order valence-corrected chi connectivity index (χ3v) is 6.02. The maximum Gasteiger partial charge on any atom is 0.251 e. The first kappa shape index (κ1) is 16.7. The molecule has 2 fully saturated rings. The van der Waals surface area contributed by atoms with E-state index < -0.39 is 0 Å². The Morgan fingerprint density at radius 1 is 1.00 bits per heavy atom. The third-order valence-electron chi connectivity index (χ3n) is 6.02. The predicted octanol–water partition coefficient (Wildman–Crippen LogP) is 3.33. The van der Waals surface area contributed by atoms with Crippen LogP contribution in [0.5, 0.6) is 11.5 Å². The molecule has 1 aromatic carbocycles. The van der Waals surface area contributed by atoms with Crippen molar-refractivity contribution in [3.63, 3.8) is 0 Å². The minimum atomic E-state index is -0.0137. The first-order valence-electron chi connectivity index (χ1n) is 9.70. The number of rotatable bonds is 4. The Hall–Kier alpha value is -1.75. The molecule has 3 aliphatic rings. The molecular formula is C20H28N2O3. The van der Waals surface area contributed by atoms with Gasteiger partial charge in [0.2, 0.25) is 6.79 Å². The molecule has 1 N–H and O–H groups in total. The molecule has 1 aliphatic carbocycles. The van der Waals surface area contributed by atoms with Gasteiger partial charge in [0.05, 0.1) is 0 Å². The second-order valence-corrected chi connectivity index (χ2v) is 7.58. The maximum absolute atomic E-state index is 12.7. The van der Waals surface area contributed by atoms with Gasteiger partial charge in [-0.2, -0.15) is 0 Å². The lowest BCUT2D eigenvalue weighted by Crippen LogP contribution is -2.58. The van der Waals surface area contributed by atoms with Gasteiger partial charge in [-0.3, -0.25) is 9.69 Å². The minimum Gasteiger partial charge on any atom is -0.454 e. The van der Waals surface area contributed by atoms with Gasteiger partial charge in [0.25, 0.3) is 5.91 Å². The molecule has 0 radical (unpaired) electrons. The maximum atomic E-state index is 12.7. The summed E-state index contributed by atoms with van der Waals surface area (Å²) in [4.78, 5) is 15.3. The Labute approximate surface area is 149 Å². The Morgan fingerprint density at radius 3 is 2.52 bits per heavy atom. The molecule has 2 heterocycles. The third kappa shape index (κ3) is 3.47. The van der Waals surface area contributed by atoms with E-state index in [0.717, 1.165) is 6.54 Å².